The summed E-state index contributed by atoms with van der Waals surface area (Å²) in [6, 6.07) is 14.6. The number of unbranched alkanes of at least 4 members (excludes halogenated alkanes) is 9. The summed E-state index contributed by atoms with van der Waals surface area (Å²) in [6.45, 7) is 4.42. The molecular weight excluding hydrogens is 446 g/mol. The highest BCUT2D eigenvalue weighted by atomic mass is 16.2. The van der Waals surface area contributed by atoms with Crippen molar-refractivity contribution in [3.05, 3.63) is 70.8 Å². The highest BCUT2D eigenvalue weighted by Gasteiger charge is 2.05. The first-order chi connectivity index (χ1) is 17.6. The van der Waals surface area contributed by atoms with E-state index in [0.29, 0.717) is 17.7 Å². The number of hydrogen-bond donors (Lipinski definition) is 3. The predicted octanol–water partition coefficient (Wildman–Crippen LogP) is 5.10. The summed E-state index contributed by atoms with van der Waals surface area (Å²) in [4.78, 5) is 24.5. The normalized spacial score (nSPS) is 10.4. The van der Waals surface area contributed by atoms with Crippen molar-refractivity contribution in [3.63, 3.8) is 0 Å². The molecule has 5 nitrogen and oxygen atoms in total. The molecule has 2 aromatic rings. The molecule has 2 aromatic carbocycles. The zero-order valence-corrected chi connectivity index (χ0v) is 22.0. The highest BCUT2D eigenvalue weighted by molar-refractivity contribution is 5.94. The standard InChI is InChI=1S/C31H43N3O2/c1-2-3-4-5-6-7-8-9-10-11-24-33-30(35)28-19-15-26(16-20-28)13-14-27-17-21-29(22-18-27)31(36)34-25-12-23-32/h15-22H,2-12,23-25,32H2,1H3,(H,33,35)(H,34,36)/p+1. The molecule has 0 saturated carbocycles. The Morgan fingerprint density at radius 1 is 0.611 bits per heavy atom. The number of benzene rings is 2. The Balaban J connectivity index is 1.67. The molecule has 0 aliphatic rings. The minimum absolute atomic E-state index is 0.0329. The van der Waals surface area contributed by atoms with E-state index in [1.165, 1.54) is 57.8 Å². The summed E-state index contributed by atoms with van der Waals surface area (Å²) in [6.07, 6.45) is 13.8. The van der Waals surface area contributed by atoms with Crippen LogP contribution in [0.25, 0.3) is 0 Å². The monoisotopic (exact) mass is 490 g/mol. The summed E-state index contributed by atoms with van der Waals surface area (Å²) in [5, 5.41) is 5.90. The lowest BCUT2D eigenvalue weighted by molar-refractivity contribution is -0.367. The maximum atomic E-state index is 12.4. The average Bonchev–Trinajstić information content (AvgIpc) is 2.91. The van der Waals surface area contributed by atoms with Crippen LogP contribution in [0.15, 0.2) is 48.5 Å². The summed E-state index contributed by atoms with van der Waals surface area (Å²) < 4.78 is 0. The maximum absolute atomic E-state index is 12.4. The van der Waals surface area contributed by atoms with Crippen LogP contribution < -0.4 is 16.4 Å². The van der Waals surface area contributed by atoms with Crippen LogP contribution in [0.2, 0.25) is 0 Å². The van der Waals surface area contributed by atoms with Crippen molar-refractivity contribution < 1.29 is 15.3 Å². The highest BCUT2D eigenvalue weighted by Crippen LogP contribution is 2.10. The number of nitrogens with one attached hydrogen (secondary N) is 2. The topological polar surface area (TPSA) is 85.8 Å². The number of carbonyl (C=O) groups excluding carboxylic acids is 2. The smallest absolute Gasteiger partial charge is 0.251 e. The van der Waals surface area contributed by atoms with Gasteiger partial charge in [0, 0.05) is 41.8 Å². The van der Waals surface area contributed by atoms with Crippen LogP contribution in [0.3, 0.4) is 0 Å². The summed E-state index contributed by atoms with van der Waals surface area (Å²) >= 11 is 0. The summed E-state index contributed by atoms with van der Waals surface area (Å²) in [5.41, 5.74) is 6.73. The van der Waals surface area contributed by atoms with Crippen molar-refractivity contribution in [3.8, 4) is 11.8 Å². The van der Waals surface area contributed by atoms with Crippen LogP contribution in [0.5, 0.6) is 0 Å². The van der Waals surface area contributed by atoms with E-state index < -0.39 is 0 Å². The van der Waals surface area contributed by atoms with Crippen molar-refractivity contribution in [1.82, 2.24) is 10.6 Å². The third kappa shape index (κ3) is 12.0. The number of quaternary nitrogens is 1. The van der Waals surface area contributed by atoms with Gasteiger partial charge < -0.3 is 16.4 Å². The molecule has 0 bridgehead atoms. The van der Waals surface area contributed by atoms with Crippen molar-refractivity contribution in [2.24, 2.45) is 0 Å². The van der Waals surface area contributed by atoms with Gasteiger partial charge in [0.15, 0.2) is 0 Å². The molecule has 5 heteroatoms. The van der Waals surface area contributed by atoms with Gasteiger partial charge >= 0.3 is 0 Å². The molecule has 0 unspecified atom stereocenters. The van der Waals surface area contributed by atoms with Crippen molar-refractivity contribution in [2.75, 3.05) is 19.6 Å². The fraction of sp³-hybridized carbons (Fsp3) is 0.484. The van der Waals surface area contributed by atoms with E-state index in [4.69, 9.17) is 0 Å². The zero-order valence-electron chi connectivity index (χ0n) is 22.0. The lowest BCUT2D eigenvalue weighted by Gasteiger charge is -2.06. The van der Waals surface area contributed by atoms with E-state index in [9.17, 15) is 9.59 Å². The van der Waals surface area contributed by atoms with E-state index in [1.54, 1.807) is 12.1 Å². The molecule has 2 amide bonds. The van der Waals surface area contributed by atoms with Crippen LogP contribution in [-0.4, -0.2) is 31.4 Å². The Morgan fingerprint density at radius 3 is 1.42 bits per heavy atom. The Kier molecular flexibility index (Phi) is 14.7. The molecule has 0 atom stereocenters. The lowest BCUT2D eigenvalue weighted by atomic mass is 10.1. The maximum Gasteiger partial charge on any atom is 0.251 e. The van der Waals surface area contributed by atoms with Crippen LogP contribution in [0.1, 0.15) is 109 Å². The third-order valence-electron chi connectivity index (χ3n) is 6.17. The van der Waals surface area contributed by atoms with Gasteiger partial charge in [0.2, 0.25) is 0 Å². The molecule has 2 rings (SSSR count). The van der Waals surface area contributed by atoms with Gasteiger partial charge in [0.05, 0.1) is 6.54 Å². The third-order valence-corrected chi connectivity index (χ3v) is 6.17. The second kappa shape index (κ2) is 18.2. The minimum atomic E-state index is -0.0787. The molecule has 0 aromatic heterocycles. The van der Waals surface area contributed by atoms with Crippen LogP contribution in [0.4, 0.5) is 0 Å². The lowest BCUT2D eigenvalue weighted by Crippen LogP contribution is -2.51. The molecule has 0 aliphatic carbocycles. The number of hydrogen-bond acceptors (Lipinski definition) is 2. The van der Waals surface area contributed by atoms with Gasteiger partial charge in [-0.05, 0) is 55.0 Å². The van der Waals surface area contributed by atoms with Gasteiger partial charge in [-0.3, -0.25) is 9.59 Å². The minimum Gasteiger partial charge on any atom is -0.358 e. The summed E-state index contributed by atoms with van der Waals surface area (Å²) in [5.74, 6) is 6.12. The number of amides is 2. The first kappa shape index (κ1) is 29.1. The van der Waals surface area contributed by atoms with Crippen LogP contribution in [0, 0.1) is 11.8 Å². The average molecular weight is 491 g/mol. The van der Waals surface area contributed by atoms with Gasteiger partial charge in [0.1, 0.15) is 0 Å². The van der Waals surface area contributed by atoms with Crippen LogP contribution in [-0.2, 0) is 0 Å². The van der Waals surface area contributed by atoms with Gasteiger partial charge in [-0.25, -0.2) is 0 Å². The Hall–Kier alpha value is -3.10. The molecular formula is C31H44N3O2+. The second-order valence-electron chi connectivity index (χ2n) is 9.31. The molecule has 36 heavy (non-hydrogen) atoms. The molecule has 0 spiro atoms. The predicted molar refractivity (Wildman–Crippen MR) is 148 cm³/mol. The van der Waals surface area contributed by atoms with Gasteiger partial charge in [-0.15, -0.1) is 0 Å². The fourth-order valence-corrected chi connectivity index (χ4v) is 3.90. The molecule has 0 radical (unpaired) electrons. The Labute approximate surface area is 217 Å². The van der Waals surface area contributed by atoms with Crippen molar-refractivity contribution in [2.45, 2.75) is 77.6 Å². The molecule has 0 saturated heterocycles. The molecule has 0 heterocycles. The number of carbonyl (C=O) groups is 2. The molecule has 0 aliphatic heterocycles. The van der Waals surface area contributed by atoms with E-state index >= 15 is 0 Å². The Morgan fingerprint density at radius 2 is 1.00 bits per heavy atom. The first-order valence-electron chi connectivity index (χ1n) is 13.7. The summed E-state index contributed by atoms with van der Waals surface area (Å²) in [7, 11) is 0. The van der Waals surface area contributed by atoms with E-state index in [-0.39, 0.29) is 11.8 Å². The zero-order chi connectivity index (χ0) is 25.8. The largest absolute Gasteiger partial charge is 0.358 e. The SMILES string of the molecule is CCCCCCCCCCCCNC(=O)c1ccc(C#Cc2ccc(C(=O)NCCC[NH3+])cc2)cc1. The van der Waals surface area contributed by atoms with Gasteiger partial charge in [-0.2, -0.15) is 0 Å². The number of rotatable bonds is 16. The van der Waals surface area contributed by atoms with Crippen molar-refractivity contribution in [1.29, 1.82) is 0 Å². The van der Waals surface area contributed by atoms with Gasteiger partial charge in [-0.1, -0.05) is 76.6 Å². The van der Waals surface area contributed by atoms with Crippen LogP contribution >= 0.6 is 0 Å². The van der Waals surface area contributed by atoms with E-state index in [1.807, 2.05) is 36.4 Å². The van der Waals surface area contributed by atoms with E-state index in [2.05, 4.69) is 35.1 Å². The fourth-order valence-electron chi connectivity index (χ4n) is 3.90. The first-order valence-corrected chi connectivity index (χ1v) is 13.7. The molecule has 5 N–H and O–H groups in total. The quantitative estimate of drug-likeness (QED) is 0.226. The second-order valence-corrected chi connectivity index (χ2v) is 9.31. The molecule has 194 valence electrons. The molecule has 0 fully saturated rings. The van der Waals surface area contributed by atoms with Crippen molar-refractivity contribution >= 4 is 11.8 Å². The van der Waals surface area contributed by atoms with Gasteiger partial charge in [0.25, 0.3) is 11.8 Å². The Bertz CT molecular complexity index is 956. The van der Waals surface area contributed by atoms with E-state index in [0.717, 1.165) is 37.1 Å².